The predicted molar refractivity (Wildman–Crippen MR) is 494 cm³/mol. The van der Waals surface area contributed by atoms with E-state index in [9.17, 15) is 49.1 Å². The van der Waals surface area contributed by atoms with Crippen LogP contribution in [-0.2, 0) is 54.9 Å². The number of nitrogens with one attached hydrogen (secondary N) is 1. The van der Waals surface area contributed by atoms with Crippen molar-refractivity contribution in [2.75, 3.05) is 13.2 Å². The zero-order valence-electron chi connectivity index (χ0n) is 67.5. The third-order valence-corrected chi connectivity index (χ3v) is 18.5. The van der Waals surface area contributed by atoms with E-state index in [1.807, 2.05) is 102 Å². The number of carboxylic acid groups (broad SMARTS) is 1. The summed E-state index contributed by atoms with van der Waals surface area (Å²) in [6, 6.07) is 62.8. The monoisotopic (exact) mass is 2040 g/mol. The van der Waals surface area contributed by atoms with Gasteiger partial charge in [0.1, 0.15) is 4.60 Å². The summed E-state index contributed by atoms with van der Waals surface area (Å²) in [6.45, 7) is 13.3. The minimum Gasteiger partial charge on any atom is -0.481 e. The van der Waals surface area contributed by atoms with Gasteiger partial charge in [-0.25, -0.2) is 19.4 Å². The zero-order valence-corrected chi connectivity index (χ0v) is 75.7. The number of hydrogen-bond acceptors (Lipinski definition) is 12. The predicted octanol–water partition coefficient (Wildman–Crippen LogP) is 23.6. The first-order chi connectivity index (χ1) is 57.8. The standard InChI is InChI=1S/C20H15F3IN.C14H15N3.C13H10F3N.C9H5ClO.C9H6O2.C7H6BF3O2.C7H6BrI.C6H6BrN.C6H13NO.C2H7N/c21-20(22,23)17-7-5-16(6-8-17)19-13-15(11-12-25-19)2-1-14-3-9-18(24)10-4-14;1-4-7-13-15-14(17(3)16-13)12-9-6-8-11(5-2)10-12;1-9-6-7-17-12(8-9)10-2-4-11(5-3-10)13(14,15)16;2*1-2-7-4-3-5-8(6-7)9(10)11;9-7(10,11)5-1-3-6(4-2-5)8(12)13;8-5-6-1-3-7(9)4-2-6;1-5-2-3-8-6(7)4-5;1-3-5-6(7)8-4-2;1-2-3/h3-13H,1-2H2;2,6,8-10H,4,7H2,1,3H3;2-8H,1H3;1,3-6H;1,3-6H,(H,10,11);1-4,12-13H;1-4H,5H2;2-4H,1H3;7H,3-5H2,1-2H3;2-3H2,1H3. The van der Waals surface area contributed by atoms with E-state index in [1.54, 1.807) is 59.7 Å². The minimum absolute atomic E-state index is 0.0352. The van der Waals surface area contributed by atoms with Crippen molar-refractivity contribution in [1.82, 2.24) is 29.7 Å². The first kappa shape index (κ1) is 106. The topological polar surface area (TPSA) is 223 Å². The molecule has 0 aliphatic rings. The lowest BCUT2D eigenvalue weighted by Crippen LogP contribution is -2.29. The number of nitrogens with two attached hydrogens (primary N) is 1. The maximum Gasteiger partial charge on any atom is 0.488 e. The van der Waals surface area contributed by atoms with E-state index in [1.165, 1.54) is 60.2 Å². The number of aryl methyl sites for hydroxylation is 6. The maximum absolute atomic E-state index is 12.7. The summed E-state index contributed by atoms with van der Waals surface area (Å²) in [5.74, 6) is 8.61. The smallest absolute Gasteiger partial charge is 0.481 e. The van der Waals surface area contributed by atoms with Crippen molar-refractivity contribution in [1.29, 1.82) is 5.41 Å². The molecule has 0 bridgehead atoms. The van der Waals surface area contributed by atoms with Gasteiger partial charge in [0, 0.05) is 89.9 Å². The highest BCUT2D eigenvalue weighted by Crippen LogP contribution is 2.33. The largest absolute Gasteiger partial charge is 0.488 e. The number of carbonyl (C=O) groups excluding carboxylic acids is 1. The number of aromatic nitrogens is 6. The van der Waals surface area contributed by atoms with Gasteiger partial charge in [0.2, 0.25) is 0 Å². The van der Waals surface area contributed by atoms with Gasteiger partial charge in [-0.05, 0) is 286 Å². The van der Waals surface area contributed by atoms with Crippen LogP contribution in [0.25, 0.3) is 33.9 Å². The number of hydrogen-bond donors (Lipinski definition) is 5. The van der Waals surface area contributed by atoms with Gasteiger partial charge in [0.05, 0.1) is 40.2 Å². The summed E-state index contributed by atoms with van der Waals surface area (Å²) in [6.07, 6.45) is 13.2. The van der Waals surface area contributed by atoms with Crippen LogP contribution in [0.15, 0.2) is 254 Å². The molecule has 0 atom stereocenters. The van der Waals surface area contributed by atoms with Crippen LogP contribution >= 0.6 is 88.6 Å². The van der Waals surface area contributed by atoms with E-state index in [0.29, 0.717) is 51.7 Å². The van der Waals surface area contributed by atoms with Gasteiger partial charge in [-0.2, -0.15) is 44.6 Å². The molecule has 29 heteroatoms. The first-order valence-electron chi connectivity index (χ1n) is 37.2. The van der Waals surface area contributed by atoms with E-state index >= 15 is 0 Å². The molecule has 8 aromatic carbocycles. The van der Waals surface area contributed by atoms with Crippen LogP contribution in [0.1, 0.15) is 135 Å². The van der Waals surface area contributed by atoms with E-state index in [-0.39, 0.29) is 11.0 Å². The molecule has 4 heterocycles. The van der Waals surface area contributed by atoms with Gasteiger partial charge in [-0.15, -0.1) is 19.3 Å². The molecule has 638 valence electrons. The van der Waals surface area contributed by atoms with E-state index in [2.05, 4.69) is 175 Å². The fourth-order valence-electron chi connectivity index (χ4n) is 9.71. The van der Waals surface area contributed by atoms with Gasteiger partial charge in [-0.3, -0.25) is 20.2 Å². The number of pyridine rings is 3. The fourth-order valence-corrected chi connectivity index (χ4v) is 11.4. The summed E-state index contributed by atoms with van der Waals surface area (Å²) in [5.41, 5.74) is 15.3. The molecule has 0 aliphatic carbocycles. The molecule has 6 N–H and O–H groups in total. The molecular weight excluding hydrogens is 1960 g/mol. The van der Waals surface area contributed by atoms with E-state index < -0.39 is 53.5 Å². The summed E-state index contributed by atoms with van der Waals surface area (Å²) in [5, 5.41) is 37.6. The molecule has 0 fully saturated rings. The van der Waals surface area contributed by atoms with Crippen molar-refractivity contribution in [2.45, 2.75) is 104 Å². The third kappa shape index (κ3) is 42.0. The molecule has 0 aliphatic heterocycles. The Kier molecular flexibility index (Phi) is 48.9. The van der Waals surface area contributed by atoms with E-state index in [0.717, 1.165) is 137 Å². The van der Waals surface area contributed by atoms with Crippen LogP contribution in [-0.4, -0.2) is 82.3 Å². The Morgan fingerprint density at radius 1 is 0.549 bits per heavy atom. The Morgan fingerprint density at radius 2 is 0.975 bits per heavy atom. The highest BCUT2D eigenvalue weighted by molar-refractivity contribution is 14.1. The summed E-state index contributed by atoms with van der Waals surface area (Å²) in [7, 11) is 0.173. The van der Waals surface area contributed by atoms with Crippen LogP contribution in [0.4, 0.5) is 39.5 Å². The normalized spacial score (nSPS) is 10.2. The number of benzene rings is 8. The van der Waals surface area contributed by atoms with Gasteiger partial charge in [-0.1, -0.05) is 158 Å². The molecule has 0 saturated carbocycles. The van der Waals surface area contributed by atoms with Crippen molar-refractivity contribution in [3.8, 4) is 70.9 Å². The molecule has 0 radical (unpaired) electrons. The average molecular weight is 2050 g/mol. The van der Waals surface area contributed by atoms with Crippen molar-refractivity contribution < 1.29 is 69.0 Å². The van der Waals surface area contributed by atoms with Crippen LogP contribution < -0.4 is 11.2 Å². The van der Waals surface area contributed by atoms with Gasteiger partial charge in [0.25, 0.3) is 5.24 Å². The molecule has 0 amide bonds. The molecule has 0 saturated heterocycles. The average Bonchev–Trinajstić information content (AvgIpc) is 1.37. The van der Waals surface area contributed by atoms with Crippen LogP contribution in [0.3, 0.4) is 0 Å². The lowest BCUT2D eigenvalue weighted by molar-refractivity contribution is -0.138. The second kappa shape index (κ2) is 56.4. The first-order valence-corrected chi connectivity index (χ1v) is 41.6. The second-order valence-corrected chi connectivity index (χ2v) is 29.7. The minimum atomic E-state index is -4.39. The number of halogens is 14. The Morgan fingerprint density at radius 3 is 1.39 bits per heavy atom. The highest BCUT2D eigenvalue weighted by atomic mass is 127. The zero-order chi connectivity index (χ0) is 91.0. The Labute approximate surface area is 756 Å². The molecule has 12 aromatic rings. The molecule has 14 nitrogen and oxygen atoms in total. The summed E-state index contributed by atoms with van der Waals surface area (Å²) in [4.78, 5) is 37.9. The summed E-state index contributed by atoms with van der Waals surface area (Å²) < 4.78 is 121. The van der Waals surface area contributed by atoms with Gasteiger partial charge in [0.15, 0.2) is 17.5 Å². The fraction of sp³-hybridized carbons (Fsp3) is 0.204. The van der Waals surface area contributed by atoms with Crippen molar-refractivity contribution in [2.24, 2.45) is 12.8 Å². The number of nitrogens with zero attached hydrogens (tertiary/aromatic N) is 6. The quantitative estimate of drug-likeness (QED) is 0.00744. The lowest BCUT2D eigenvalue weighted by Gasteiger charge is -2.08. The van der Waals surface area contributed by atoms with Crippen molar-refractivity contribution >= 4 is 118 Å². The molecule has 4 aromatic heterocycles. The van der Waals surface area contributed by atoms with Crippen LogP contribution in [0.2, 0.25) is 0 Å². The number of terminal acetylenes is 3. The summed E-state index contributed by atoms with van der Waals surface area (Å²) >= 11 is 16.4. The van der Waals surface area contributed by atoms with E-state index in [4.69, 9.17) is 61.9 Å². The van der Waals surface area contributed by atoms with Crippen LogP contribution in [0, 0.1) is 63.4 Å². The molecule has 122 heavy (non-hydrogen) atoms. The molecular formula is C93H89BBr2ClF9I2N8O6. The second-order valence-electron chi connectivity index (χ2n) is 25.4. The Bertz CT molecular complexity index is 5210. The SMILES string of the molecule is BrCc1ccc(I)cc1.C#Cc1cccc(-c2nc(CCC)nn2C)c1.C#Cc1cccc(C(=O)Cl)c1.C#Cc1cccc(C(=O)O)c1.CCCC(=N)OCC.CCN.Cc1ccnc(-c2ccc(C(F)(F)F)cc2)c1.Cc1ccnc(Br)c1.FC(F)(F)c1ccc(-c2cc(CCc3ccc(I)cc3)ccn2)cc1.OB(O)c1ccc(C(F)(F)F)cc1. The lowest BCUT2D eigenvalue weighted by atomic mass is 9.80. The Balaban J connectivity index is 0.000000362. The Hall–Kier alpha value is -10.3. The third-order valence-electron chi connectivity index (χ3n) is 15.8. The highest BCUT2D eigenvalue weighted by Gasteiger charge is 2.32. The molecule has 0 spiro atoms. The van der Waals surface area contributed by atoms with Gasteiger partial charge >= 0.3 is 31.6 Å². The molecule has 0 unspecified atom stereocenters. The number of carbonyl (C=O) groups is 2. The molecule has 12 rings (SSSR count). The van der Waals surface area contributed by atoms with Crippen LogP contribution in [0.5, 0.6) is 0 Å². The van der Waals surface area contributed by atoms with Crippen molar-refractivity contribution in [3.63, 3.8) is 0 Å². The number of rotatable bonds is 15. The van der Waals surface area contributed by atoms with Gasteiger partial charge < -0.3 is 25.6 Å². The number of carboxylic acids is 1. The number of ether oxygens (including phenoxy) is 1. The number of aromatic carboxylic acids is 1. The maximum atomic E-state index is 12.7. The van der Waals surface area contributed by atoms with Crippen molar-refractivity contribution in [3.05, 3.63) is 339 Å². The number of alkyl halides is 10.